The molecule has 2 N–H and O–H groups in total. The molecule has 0 bridgehead atoms. The number of hydrogen-bond acceptors (Lipinski definition) is 8. The maximum Gasteiger partial charge on any atom is 0.307 e. The minimum Gasteiger partial charge on any atom is -0.497 e. The molecule has 0 atom stereocenters. The van der Waals surface area contributed by atoms with E-state index >= 15 is 0 Å². The monoisotopic (exact) mass is 436 g/mol. The van der Waals surface area contributed by atoms with Crippen LogP contribution < -0.4 is 20.1 Å². The predicted octanol–water partition coefficient (Wildman–Crippen LogP) is 2.38. The first-order chi connectivity index (χ1) is 14.4. The highest BCUT2D eigenvalue weighted by atomic mass is 32.1. The van der Waals surface area contributed by atoms with Gasteiger partial charge in [0.2, 0.25) is 0 Å². The summed E-state index contributed by atoms with van der Waals surface area (Å²) in [4.78, 5) is 23.4. The molecule has 0 unspecified atom stereocenters. The number of aromatic nitrogens is 2. The molecule has 1 heterocycles. The van der Waals surface area contributed by atoms with Gasteiger partial charge in [-0.2, -0.15) is 5.10 Å². The van der Waals surface area contributed by atoms with Crippen LogP contribution >= 0.6 is 12.2 Å². The van der Waals surface area contributed by atoms with Crippen LogP contribution in [0.4, 0.5) is 11.4 Å². The number of rotatable bonds is 9. The van der Waals surface area contributed by atoms with Crippen LogP contribution in [0.5, 0.6) is 11.5 Å². The van der Waals surface area contributed by atoms with Crippen LogP contribution in [-0.4, -0.2) is 55.3 Å². The average molecular weight is 436 g/mol. The maximum atomic E-state index is 11.7. The molecule has 0 amide bonds. The SMILES string of the molecule is COC(=O)CC(CC(=O)OC)n1cc(NC(=S)Nc2cc(OC)ccc2OC)cn1. The highest BCUT2D eigenvalue weighted by molar-refractivity contribution is 7.80. The van der Waals surface area contributed by atoms with Gasteiger partial charge in [0.1, 0.15) is 11.5 Å². The van der Waals surface area contributed by atoms with Crippen molar-refractivity contribution in [2.75, 3.05) is 39.1 Å². The smallest absolute Gasteiger partial charge is 0.307 e. The van der Waals surface area contributed by atoms with E-state index < -0.39 is 18.0 Å². The molecule has 0 aliphatic heterocycles. The van der Waals surface area contributed by atoms with Gasteiger partial charge in [0.15, 0.2) is 5.11 Å². The van der Waals surface area contributed by atoms with Gasteiger partial charge in [-0.05, 0) is 24.4 Å². The summed E-state index contributed by atoms with van der Waals surface area (Å²) < 4.78 is 21.4. The van der Waals surface area contributed by atoms with Crippen LogP contribution in [0.15, 0.2) is 30.6 Å². The minimum absolute atomic E-state index is 0.0313. The van der Waals surface area contributed by atoms with Gasteiger partial charge in [-0.25, -0.2) is 0 Å². The molecule has 0 fully saturated rings. The Morgan fingerprint density at radius 1 is 1.07 bits per heavy atom. The van der Waals surface area contributed by atoms with E-state index in [1.807, 2.05) is 0 Å². The first kappa shape index (κ1) is 22.9. The van der Waals surface area contributed by atoms with Crippen molar-refractivity contribution in [3.05, 3.63) is 30.6 Å². The third-order valence-electron chi connectivity index (χ3n) is 4.15. The van der Waals surface area contributed by atoms with E-state index in [1.54, 1.807) is 38.6 Å². The van der Waals surface area contributed by atoms with E-state index in [1.165, 1.54) is 25.1 Å². The van der Waals surface area contributed by atoms with Gasteiger partial charge in [0, 0.05) is 12.3 Å². The van der Waals surface area contributed by atoms with Crippen molar-refractivity contribution in [1.29, 1.82) is 0 Å². The Balaban J connectivity index is 2.10. The van der Waals surface area contributed by atoms with E-state index in [2.05, 4.69) is 15.7 Å². The topological polar surface area (TPSA) is 113 Å². The molecular formula is C19H24N4O6S. The third kappa shape index (κ3) is 6.34. The lowest BCUT2D eigenvalue weighted by Crippen LogP contribution is -2.20. The van der Waals surface area contributed by atoms with E-state index in [4.69, 9.17) is 31.2 Å². The van der Waals surface area contributed by atoms with Crippen molar-refractivity contribution < 1.29 is 28.5 Å². The fourth-order valence-electron chi connectivity index (χ4n) is 2.61. The molecule has 162 valence electrons. The number of hydrogen-bond donors (Lipinski definition) is 2. The number of carbonyl (C=O) groups excluding carboxylic acids is 2. The summed E-state index contributed by atoms with van der Waals surface area (Å²) in [5.74, 6) is 0.307. The Morgan fingerprint density at radius 2 is 1.73 bits per heavy atom. The third-order valence-corrected chi connectivity index (χ3v) is 4.35. The molecule has 30 heavy (non-hydrogen) atoms. The van der Waals surface area contributed by atoms with E-state index in [9.17, 15) is 9.59 Å². The zero-order valence-electron chi connectivity index (χ0n) is 17.1. The number of anilines is 2. The molecule has 2 rings (SSSR count). The quantitative estimate of drug-likeness (QED) is 0.449. The lowest BCUT2D eigenvalue weighted by molar-refractivity contribution is -0.144. The van der Waals surface area contributed by atoms with Gasteiger partial charge in [-0.3, -0.25) is 14.3 Å². The van der Waals surface area contributed by atoms with Gasteiger partial charge in [0.05, 0.1) is 64.9 Å². The van der Waals surface area contributed by atoms with Crippen LogP contribution in [0.1, 0.15) is 18.9 Å². The summed E-state index contributed by atoms with van der Waals surface area (Å²) in [7, 11) is 5.68. The number of esters is 2. The molecular weight excluding hydrogens is 412 g/mol. The lowest BCUT2D eigenvalue weighted by atomic mass is 10.1. The van der Waals surface area contributed by atoms with E-state index in [0.717, 1.165) is 0 Å². The van der Waals surface area contributed by atoms with Crippen molar-refractivity contribution in [3.63, 3.8) is 0 Å². The van der Waals surface area contributed by atoms with Crippen LogP contribution in [0.2, 0.25) is 0 Å². The molecule has 0 saturated carbocycles. The van der Waals surface area contributed by atoms with Crippen molar-refractivity contribution >= 4 is 40.6 Å². The van der Waals surface area contributed by atoms with Crippen molar-refractivity contribution in [3.8, 4) is 11.5 Å². The fourth-order valence-corrected chi connectivity index (χ4v) is 2.84. The van der Waals surface area contributed by atoms with Gasteiger partial charge >= 0.3 is 11.9 Å². The number of ether oxygens (including phenoxy) is 4. The van der Waals surface area contributed by atoms with Gasteiger partial charge in [0.25, 0.3) is 0 Å². The number of nitrogens with zero attached hydrogens (tertiary/aromatic N) is 2. The first-order valence-corrected chi connectivity index (χ1v) is 9.28. The van der Waals surface area contributed by atoms with Crippen LogP contribution in [0.25, 0.3) is 0 Å². The molecule has 10 nitrogen and oxygen atoms in total. The number of nitrogens with one attached hydrogen (secondary N) is 2. The molecule has 2 aromatic rings. The Hall–Kier alpha value is -3.34. The summed E-state index contributed by atoms with van der Waals surface area (Å²) in [5, 5.41) is 10.5. The van der Waals surface area contributed by atoms with Crippen molar-refractivity contribution in [1.82, 2.24) is 9.78 Å². The number of carbonyl (C=O) groups is 2. The van der Waals surface area contributed by atoms with Gasteiger partial charge in [-0.15, -0.1) is 0 Å². The second-order valence-corrected chi connectivity index (χ2v) is 6.48. The minimum atomic E-state index is -0.555. The van der Waals surface area contributed by atoms with Crippen LogP contribution in [0.3, 0.4) is 0 Å². The maximum absolute atomic E-state index is 11.7. The van der Waals surface area contributed by atoms with Crippen LogP contribution in [-0.2, 0) is 19.1 Å². The second-order valence-electron chi connectivity index (χ2n) is 6.07. The standard InChI is InChI=1S/C19H24N4O6S/c1-26-14-5-6-16(27-2)15(9-14)22-19(30)21-12-10-20-23(11-12)13(7-17(24)28-3)8-18(25)29-4/h5-6,9-11,13H,7-8H2,1-4H3,(H2,21,22,30). The summed E-state index contributed by atoms with van der Waals surface area (Å²) in [6.45, 7) is 0. The zero-order chi connectivity index (χ0) is 22.1. The highest BCUT2D eigenvalue weighted by Crippen LogP contribution is 2.29. The molecule has 0 aliphatic rings. The average Bonchev–Trinajstić information content (AvgIpc) is 3.20. The number of benzene rings is 1. The van der Waals surface area contributed by atoms with Gasteiger partial charge in [-0.1, -0.05) is 0 Å². The summed E-state index contributed by atoms with van der Waals surface area (Å²) in [5.41, 5.74) is 1.19. The van der Waals surface area contributed by atoms with Crippen molar-refractivity contribution in [2.45, 2.75) is 18.9 Å². The summed E-state index contributed by atoms with van der Waals surface area (Å²) >= 11 is 5.35. The van der Waals surface area contributed by atoms with Crippen molar-refractivity contribution in [2.24, 2.45) is 0 Å². The fraction of sp³-hybridized carbons (Fsp3) is 0.368. The molecule has 11 heteroatoms. The molecule has 0 radical (unpaired) electrons. The molecule has 1 aromatic carbocycles. The highest BCUT2D eigenvalue weighted by Gasteiger charge is 2.21. The zero-order valence-corrected chi connectivity index (χ0v) is 17.9. The molecule has 0 saturated heterocycles. The Labute approximate surface area is 179 Å². The Morgan fingerprint density at radius 3 is 2.30 bits per heavy atom. The second kappa shape index (κ2) is 11.0. The number of thiocarbonyl (C=S) groups is 1. The predicted molar refractivity (Wildman–Crippen MR) is 114 cm³/mol. The molecule has 0 aliphatic carbocycles. The Kier molecular flexibility index (Phi) is 8.41. The van der Waals surface area contributed by atoms with Crippen LogP contribution in [0, 0.1) is 0 Å². The lowest BCUT2D eigenvalue weighted by Gasteiger charge is -2.15. The summed E-state index contributed by atoms with van der Waals surface area (Å²) in [6.07, 6.45) is 3.10. The largest absolute Gasteiger partial charge is 0.497 e. The molecule has 1 aromatic heterocycles. The first-order valence-electron chi connectivity index (χ1n) is 8.88. The van der Waals surface area contributed by atoms with E-state index in [0.29, 0.717) is 28.0 Å². The van der Waals surface area contributed by atoms with Gasteiger partial charge < -0.3 is 29.6 Å². The number of methoxy groups -OCH3 is 4. The Bertz CT molecular complexity index is 883. The normalized spacial score (nSPS) is 10.3. The summed E-state index contributed by atoms with van der Waals surface area (Å²) in [6, 6.07) is 4.72. The van der Waals surface area contributed by atoms with E-state index in [-0.39, 0.29) is 12.8 Å². The molecule has 0 spiro atoms.